The standard InChI is InChI=1S/C20H23FN4O3/c1-28-12-18-10-17(24-25-18)11-22-19(26)14-7-15(21)9-16(8-14)23-20(27)13-5-3-2-4-6-13/h2-3,7-10,13H,4-6,11-12H2,1H3,(H,22,26)(H,23,27)(H,24,25). The first-order valence-corrected chi connectivity index (χ1v) is 9.12. The molecular formula is C20H23FN4O3. The van der Waals surface area contributed by atoms with Gasteiger partial charge in [0, 0.05) is 24.3 Å². The zero-order chi connectivity index (χ0) is 19.9. The van der Waals surface area contributed by atoms with Gasteiger partial charge in [-0.15, -0.1) is 0 Å². The van der Waals surface area contributed by atoms with E-state index in [1.807, 2.05) is 12.2 Å². The number of methoxy groups -OCH3 is 1. The molecule has 1 unspecified atom stereocenters. The van der Waals surface area contributed by atoms with Gasteiger partial charge in [-0.1, -0.05) is 12.2 Å². The molecular weight excluding hydrogens is 363 g/mol. The van der Waals surface area contributed by atoms with Crippen LogP contribution in [0.1, 0.15) is 41.0 Å². The van der Waals surface area contributed by atoms with Gasteiger partial charge in [0.25, 0.3) is 5.91 Å². The number of nitrogens with one attached hydrogen (secondary N) is 3. The summed E-state index contributed by atoms with van der Waals surface area (Å²) in [6.45, 7) is 0.580. The van der Waals surface area contributed by atoms with E-state index < -0.39 is 11.7 Å². The number of aromatic nitrogens is 2. The average Bonchev–Trinajstić information content (AvgIpc) is 3.14. The van der Waals surface area contributed by atoms with E-state index in [1.54, 1.807) is 13.2 Å². The molecule has 1 atom stereocenters. The van der Waals surface area contributed by atoms with Crippen molar-refractivity contribution in [3.8, 4) is 0 Å². The van der Waals surface area contributed by atoms with Gasteiger partial charge in [-0.05, 0) is 43.5 Å². The van der Waals surface area contributed by atoms with E-state index >= 15 is 0 Å². The Hall–Kier alpha value is -3.00. The van der Waals surface area contributed by atoms with Crippen molar-refractivity contribution >= 4 is 17.5 Å². The Kier molecular flexibility index (Phi) is 6.54. The first-order chi connectivity index (χ1) is 13.5. The summed E-state index contributed by atoms with van der Waals surface area (Å²) in [7, 11) is 1.57. The second-order valence-electron chi connectivity index (χ2n) is 6.70. The third-order valence-corrected chi connectivity index (χ3v) is 4.48. The van der Waals surface area contributed by atoms with Gasteiger partial charge in [0.1, 0.15) is 5.82 Å². The highest BCUT2D eigenvalue weighted by molar-refractivity contribution is 5.97. The van der Waals surface area contributed by atoms with Gasteiger partial charge < -0.3 is 15.4 Å². The number of hydrogen-bond donors (Lipinski definition) is 3. The van der Waals surface area contributed by atoms with Crippen LogP contribution in [0.25, 0.3) is 0 Å². The number of carbonyl (C=O) groups is 2. The third kappa shape index (κ3) is 5.26. The number of ether oxygens (including phenoxy) is 1. The molecule has 7 nitrogen and oxygen atoms in total. The van der Waals surface area contributed by atoms with E-state index in [9.17, 15) is 14.0 Å². The lowest BCUT2D eigenvalue weighted by atomic mass is 9.93. The minimum absolute atomic E-state index is 0.132. The highest BCUT2D eigenvalue weighted by atomic mass is 19.1. The Balaban J connectivity index is 1.61. The molecule has 1 aliphatic carbocycles. The smallest absolute Gasteiger partial charge is 0.251 e. The number of amides is 2. The van der Waals surface area contributed by atoms with Gasteiger partial charge in [-0.25, -0.2) is 4.39 Å². The van der Waals surface area contributed by atoms with Crippen molar-refractivity contribution in [2.75, 3.05) is 12.4 Å². The predicted octanol–water partition coefficient (Wildman–Crippen LogP) is 2.92. The number of H-pyrrole nitrogens is 1. The molecule has 2 aromatic rings. The molecule has 0 fully saturated rings. The summed E-state index contributed by atoms with van der Waals surface area (Å²) in [5.74, 6) is -1.33. The molecule has 28 heavy (non-hydrogen) atoms. The molecule has 0 saturated carbocycles. The van der Waals surface area contributed by atoms with Crippen LogP contribution in [0.3, 0.4) is 0 Å². The number of carbonyl (C=O) groups excluding carboxylic acids is 2. The van der Waals surface area contributed by atoms with E-state index in [0.29, 0.717) is 18.7 Å². The Morgan fingerprint density at radius 2 is 2.14 bits per heavy atom. The van der Waals surface area contributed by atoms with Crippen LogP contribution in [-0.4, -0.2) is 29.1 Å². The minimum Gasteiger partial charge on any atom is -0.378 e. The quantitative estimate of drug-likeness (QED) is 0.638. The monoisotopic (exact) mass is 386 g/mol. The molecule has 0 bridgehead atoms. The summed E-state index contributed by atoms with van der Waals surface area (Å²) in [6, 6.07) is 5.59. The van der Waals surface area contributed by atoms with Gasteiger partial charge in [-0.2, -0.15) is 5.10 Å². The lowest BCUT2D eigenvalue weighted by molar-refractivity contribution is -0.120. The summed E-state index contributed by atoms with van der Waals surface area (Å²) in [5, 5.41) is 12.3. The van der Waals surface area contributed by atoms with Gasteiger partial charge in [-0.3, -0.25) is 14.7 Å². The van der Waals surface area contributed by atoms with E-state index in [4.69, 9.17) is 4.74 Å². The van der Waals surface area contributed by atoms with Crippen LogP contribution in [0.15, 0.2) is 36.4 Å². The molecule has 1 heterocycles. The van der Waals surface area contributed by atoms with Crippen molar-refractivity contribution in [1.82, 2.24) is 15.5 Å². The summed E-state index contributed by atoms with van der Waals surface area (Å²) < 4.78 is 18.9. The number of halogens is 1. The molecule has 0 aliphatic heterocycles. The Bertz CT molecular complexity index is 878. The maximum Gasteiger partial charge on any atom is 0.251 e. The van der Waals surface area contributed by atoms with E-state index in [0.717, 1.165) is 24.6 Å². The molecule has 1 aromatic heterocycles. The van der Waals surface area contributed by atoms with Crippen LogP contribution in [0, 0.1) is 11.7 Å². The first kappa shape index (κ1) is 19.8. The first-order valence-electron chi connectivity index (χ1n) is 9.12. The van der Waals surface area contributed by atoms with Gasteiger partial charge in [0.15, 0.2) is 0 Å². The number of benzene rings is 1. The molecule has 3 rings (SSSR count). The topological polar surface area (TPSA) is 96.1 Å². The zero-order valence-electron chi connectivity index (χ0n) is 15.6. The summed E-state index contributed by atoms with van der Waals surface area (Å²) >= 11 is 0. The molecule has 1 aromatic carbocycles. The van der Waals surface area contributed by atoms with Crippen molar-refractivity contribution in [3.05, 3.63) is 59.2 Å². The molecule has 0 radical (unpaired) electrons. The molecule has 1 aliphatic rings. The van der Waals surface area contributed by atoms with E-state index in [2.05, 4.69) is 20.8 Å². The van der Waals surface area contributed by atoms with Crippen LogP contribution in [-0.2, 0) is 22.7 Å². The number of aromatic amines is 1. The number of nitrogens with zero attached hydrogens (tertiary/aromatic N) is 1. The Morgan fingerprint density at radius 3 is 2.89 bits per heavy atom. The van der Waals surface area contributed by atoms with Crippen LogP contribution >= 0.6 is 0 Å². The second kappa shape index (κ2) is 9.27. The Morgan fingerprint density at radius 1 is 1.29 bits per heavy atom. The third-order valence-electron chi connectivity index (χ3n) is 4.48. The van der Waals surface area contributed by atoms with Crippen molar-refractivity contribution < 1.29 is 18.7 Å². The molecule has 3 N–H and O–H groups in total. The fourth-order valence-corrected chi connectivity index (χ4v) is 3.07. The Labute approximate surface area is 162 Å². The van der Waals surface area contributed by atoms with Crippen LogP contribution < -0.4 is 10.6 Å². The largest absolute Gasteiger partial charge is 0.378 e. The SMILES string of the molecule is COCc1cc(CNC(=O)c2cc(F)cc(NC(=O)C3CC=CCC3)c2)[nH]n1. The summed E-state index contributed by atoms with van der Waals surface area (Å²) in [6.07, 6.45) is 6.32. The maximum absolute atomic E-state index is 14.0. The number of anilines is 1. The highest BCUT2D eigenvalue weighted by Gasteiger charge is 2.19. The summed E-state index contributed by atoms with van der Waals surface area (Å²) in [4.78, 5) is 24.7. The zero-order valence-corrected chi connectivity index (χ0v) is 15.6. The minimum atomic E-state index is -0.588. The van der Waals surface area contributed by atoms with E-state index in [-0.39, 0.29) is 29.6 Å². The fourth-order valence-electron chi connectivity index (χ4n) is 3.07. The lowest BCUT2D eigenvalue weighted by Crippen LogP contribution is -2.25. The van der Waals surface area contributed by atoms with Gasteiger partial charge in [0.05, 0.1) is 24.5 Å². The lowest BCUT2D eigenvalue weighted by Gasteiger charge is -2.17. The van der Waals surface area contributed by atoms with Crippen LogP contribution in [0.5, 0.6) is 0 Å². The van der Waals surface area contributed by atoms with Crippen molar-refractivity contribution in [2.45, 2.75) is 32.4 Å². The predicted molar refractivity (Wildman–Crippen MR) is 102 cm³/mol. The van der Waals surface area contributed by atoms with Gasteiger partial charge >= 0.3 is 0 Å². The molecule has 2 amide bonds. The van der Waals surface area contributed by atoms with Crippen molar-refractivity contribution in [3.63, 3.8) is 0 Å². The second-order valence-corrected chi connectivity index (χ2v) is 6.70. The maximum atomic E-state index is 14.0. The average molecular weight is 386 g/mol. The molecule has 8 heteroatoms. The van der Waals surface area contributed by atoms with Crippen molar-refractivity contribution in [1.29, 1.82) is 0 Å². The fraction of sp³-hybridized carbons (Fsp3) is 0.350. The molecule has 0 spiro atoms. The molecule has 0 saturated heterocycles. The highest BCUT2D eigenvalue weighted by Crippen LogP contribution is 2.21. The van der Waals surface area contributed by atoms with Crippen LogP contribution in [0.4, 0.5) is 10.1 Å². The molecule has 148 valence electrons. The van der Waals surface area contributed by atoms with Crippen molar-refractivity contribution in [2.24, 2.45) is 5.92 Å². The normalized spacial score (nSPS) is 16.0. The number of hydrogen-bond acceptors (Lipinski definition) is 4. The number of allylic oxidation sites excluding steroid dienone is 2. The van der Waals surface area contributed by atoms with Crippen LogP contribution in [0.2, 0.25) is 0 Å². The van der Waals surface area contributed by atoms with E-state index in [1.165, 1.54) is 12.1 Å². The summed E-state index contributed by atoms with van der Waals surface area (Å²) in [5.41, 5.74) is 1.83. The van der Waals surface area contributed by atoms with Gasteiger partial charge in [0.2, 0.25) is 5.91 Å². The number of rotatable bonds is 7.